The third-order valence-electron chi connectivity index (χ3n) is 5.00. The van der Waals surface area contributed by atoms with Gasteiger partial charge in [0.2, 0.25) is 0 Å². The lowest BCUT2D eigenvalue weighted by Gasteiger charge is -2.09. The molecule has 33 heavy (non-hydrogen) atoms. The molecule has 2 heterocycles. The zero-order chi connectivity index (χ0) is 23.0. The highest BCUT2D eigenvalue weighted by Crippen LogP contribution is 2.23. The zero-order valence-corrected chi connectivity index (χ0v) is 19.2. The van der Waals surface area contributed by atoms with E-state index in [-0.39, 0.29) is 5.91 Å². The number of carbonyl (C=O) groups excluding carboxylic acids is 1. The molecule has 8 nitrogen and oxygen atoms in total. The van der Waals surface area contributed by atoms with E-state index in [4.69, 9.17) is 4.74 Å². The molecule has 0 spiro atoms. The van der Waals surface area contributed by atoms with Crippen molar-refractivity contribution in [1.82, 2.24) is 30.3 Å². The van der Waals surface area contributed by atoms with Gasteiger partial charge in [0.25, 0.3) is 5.91 Å². The molecular formula is C24H24N6O2S. The summed E-state index contributed by atoms with van der Waals surface area (Å²) in [5.74, 6) is 0.998. The molecule has 2 aromatic heterocycles. The number of hydrogen-bond acceptors (Lipinski definition) is 7. The Balaban J connectivity index is 1.50. The molecule has 0 aliphatic heterocycles. The number of aromatic nitrogens is 5. The van der Waals surface area contributed by atoms with Crippen molar-refractivity contribution in [3.8, 4) is 11.4 Å². The Morgan fingerprint density at radius 2 is 1.79 bits per heavy atom. The van der Waals surface area contributed by atoms with Crippen LogP contribution in [-0.4, -0.2) is 44.5 Å². The van der Waals surface area contributed by atoms with Gasteiger partial charge in [0.15, 0.2) is 10.9 Å². The van der Waals surface area contributed by atoms with Gasteiger partial charge >= 0.3 is 0 Å². The number of amides is 1. The molecular weight excluding hydrogens is 436 g/mol. The van der Waals surface area contributed by atoms with Crippen molar-refractivity contribution in [2.45, 2.75) is 24.3 Å². The fourth-order valence-electron chi connectivity index (χ4n) is 3.19. The first kappa shape index (κ1) is 22.5. The normalized spacial score (nSPS) is 10.7. The van der Waals surface area contributed by atoms with E-state index in [1.54, 1.807) is 30.3 Å². The summed E-state index contributed by atoms with van der Waals surface area (Å²) in [6.45, 7) is 2.51. The van der Waals surface area contributed by atoms with Crippen molar-refractivity contribution in [3.63, 3.8) is 0 Å². The number of methoxy groups -OCH3 is 1. The fourth-order valence-corrected chi connectivity index (χ4v) is 3.99. The minimum Gasteiger partial charge on any atom is -0.497 e. The van der Waals surface area contributed by atoms with Crippen molar-refractivity contribution < 1.29 is 9.53 Å². The van der Waals surface area contributed by atoms with Crippen LogP contribution in [0.1, 0.15) is 27.3 Å². The molecule has 0 bridgehead atoms. The Bertz CT molecular complexity index is 1190. The van der Waals surface area contributed by atoms with Gasteiger partial charge in [0, 0.05) is 24.7 Å². The summed E-state index contributed by atoms with van der Waals surface area (Å²) in [5, 5.41) is 12.1. The summed E-state index contributed by atoms with van der Waals surface area (Å²) in [7, 11) is 1.64. The van der Waals surface area contributed by atoms with Crippen LogP contribution in [0.5, 0.6) is 5.75 Å². The highest BCUT2D eigenvalue weighted by molar-refractivity contribution is 7.98. The second kappa shape index (κ2) is 10.7. The average Bonchev–Trinajstić information content (AvgIpc) is 3.28. The SMILES string of the molecule is COc1ccc(CCNC(=O)c2nnn(-c3ccc(C)cc3)c2CSc2ncccn2)cc1. The Labute approximate surface area is 196 Å². The molecule has 4 rings (SSSR count). The Hall–Kier alpha value is -3.72. The number of thioether (sulfide) groups is 1. The quantitative estimate of drug-likeness (QED) is 0.301. The molecule has 0 aliphatic rings. The lowest BCUT2D eigenvalue weighted by Crippen LogP contribution is -2.27. The summed E-state index contributed by atoms with van der Waals surface area (Å²) in [5.41, 5.74) is 4.09. The van der Waals surface area contributed by atoms with Crippen LogP contribution in [-0.2, 0) is 12.2 Å². The van der Waals surface area contributed by atoms with E-state index in [2.05, 4.69) is 25.6 Å². The van der Waals surface area contributed by atoms with Gasteiger partial charge in [-0.2, -0.15) is 0 Å². The fraction of sp³-hybridized carbons (Fsp3) is 0.208. The van der Waals surface area contributed by atoms with Crippen molar-refractivity contribution >= 4 is 17.7 Å². The maximum absolute atomic E-state index is 13.0. The Kier molecular flexibility index (Phi) is 7.31. The second-order valence-electron chi connectivity index (χ2n) is 7.31. The number of ether oxygens (including phenoxy) is 1. The number of benzene rings is 2. The predicted octanol–water partition coefficient (Wildman–Crippen LogP) is 3.64. The number of hydrogen-bond donors (Lipinski definition) is 1. The summed E-state index contributed by atoms with van der Waals surface area (Å²) < 4.78 is 6.89. The molecule has 0 radical (unpaired) electrons. The van der Waals surface area contributed by atoms with E-state index >= 15 is 0 Å². The summed E-state index contributed by atoms with van der Waals surface area (Å²) >= 11 is 1.43. The van der Waals surface area contributed by atoms with Crippen molar-refractivity contribution in [1.29, 1.82) is 0 Å². The zero-order valence-electron chi connectivity index (χ0n) is 18.4. The largest absolute Gasteiger partial charge is 0.497 e. The molecule has 1 N–H and O–H groups in total. The van der Waals surface area contributed by atoms with E-state index < -0.39 is 0 Å². The van der Waals surface area contributed by atoms with Gasteiger partial charge in [-0.15, -0.1) is 5.10 Å². The first-order valence-electron chi connectivity index (χ1n) is 10.5. The first-order valence-corrected chi connectivity index (χ1v) is 11.4. The minimum atomic E-state index is -0.258. The van der Waals surface area contributed by atoms with Crippen molar-refractivity contribution in [3.05, 3.63) is 89.5 Å². The van der Waals surface area contributed by atoms with Crippen molar-refractivity contribution in [2.75, 3.05) is 13.7 Å². The molecule has 0 saturated carbocycles. The summed E-state index contributed by atoms with van der Waals surface area (Å²) in [6.07, 6.45) is 4.08. The lowest BCUT2D eigenvalue weighted by molar-refractivity contribution is 0.0948. The third kappa shape index (κ3) is 5.75. The second-order valence-corrected chi connectivity index (χ2v) is 8.25. The molecule has 0 fully saturated rings. The molecule has 4 aromatic rings. The highest BCUT2D eigenvalue weighted by atomic mass is 32.2. The number of rotatable bonds is 9. The van der Waals surface area contributed by atoms with Crippen molar-refractivity contribution in [2.24, 2.45) is 0 Å². The van der Waals surface area contributed by atoms with Crippen LogP contribution in [0.4, 0.5) is 0 Å². The van der Waals surface area contributed by atoms with Crippen LogP contribution in [0.2, 0.25) is 0 Å². The molecule has 168 valence electrons. The monoisotopic (exact) mass is 460 g/mol. The van der Waals surface area contributed by atoms with Crippen LogP contribution in [0.15, 0.2) is 72.1 Å². The first-order chi connectivity index (χ1) is 16.1. The van der Waals surface area contributed by atoms with Crippen LogP contribution in [0.25, 0.3) is 5.69 Å². The van der Waals surface area contributed by atoms with Crippen LogP contribution in [0, 0.1) is 6.92 Å². The number of carbonyl (C=O) groups is 1. The van der Waals surface area contributed by atoms with Gasteiger partial charge in [-0.05, 0) is 49.2 Å². The minimum absolute atomic E-state index is 0.258. The number of aryl methyl sites for hydroxylation is 1. The van der Waals surface area contributed by atoms with E-state index in [0.29, 0.717) is 35.3 Å². The molecule has 9 heteroatoms. The standard InChI is InChI=1S/C24H24N6O2S/c1-17-4-8-19(9-5-17)30-21(16-33-24-26-13-3-14-27-24)22(28-29-30)23(31)25-15-12-18-6-10-20(32-2)11-7-18/h3-11,13-14H,12,15-16H2,1-2H3,(H,25,31). The molecule has 0 aliphatic carbocycles. The van der Waals surface area contributed by atoms with Crippen LogP contribution >= 0.6 is 11.8 Å². The van der Waals surface area contributed by atoms with Gasteiger partial charge in [0.1, 0.15) is 5.75 Å². The third-order valence-corrected chi connectivity index (χ3v) is 5.88. The van der Waals surface area contributed by atoms with E-state index in [1.165, 1.54) is 11.8 Å². The summed E-state index contributed by atoms with van der Waals surface area (Å²) in [4.78, 5) is 21.5. The van der Waals surface area contributed by atoms with Gasteiger partial charge in [-0.1, -0.05) is 46.8 Å². The number of nitrogens with zero attached hydrogens (tertiary/aromatic N) is 5. The van der Waals surface area contributed by atoms with Gasteiger partial charge in [-0.3, -0.25) is 4.79 Å². The Morgan fingerprint density at radius 3 is 2.48 bits per heavy atom. The molecule has 0 saturated heterocycles. The molecule has 2 aromatic carbocycles. The summed E-state index contributed by atoms with van der Waals surface area (Å²) in [6, 6.07) is 17.5. The van der Waals surface area contributed by atoms with E-state index in [1.807, 2.05) is 55.5 Å². The van der Waals surface area contributed by atoms with Crippen LogP contribution in [0.3, 0.4) is 0 Å². The van der Waals surface area contributed by atoms with Crippen LogP contribution < -0.4 is 10.1 Å². The maximum Gasteiger partial charge on any atom is 0.273 e. The van der Waals surface area contributed by atoms with Gasteiger partial charge in [-0.25, -0.2) is 14.6 Å². The van der Waals surface area contributed by atoms with E-state index in [0.717, 1.165) is 22.6 Å². The average molecular weight is 461 g/mol. The van der Waals surface area contributed by atoms with Gasteiger partial charge < -0.3 is 10.1 Å². The number of nitrogens with one attached hydrogen (secondary N) is 1. The maximum atomic E-state index is 13.0. The smallest absolute Gasteiger partial charge is 0.273 e. The lowest BCUT2D eigenvalue weighted by atomic mass is 10.1. The van der Waals surface area contributed by atoms with E-state index in [9.17, 15) is 4.79 Å². The molecule has 0 atom stereocenters. The molecule has 1 amide bonds. The predicted molar refractivity (Wildman–Crippen MR) is 127 cm³/mol. The topological polar surface area (TPSA) is 94.8 Å². The van der Waals surface area contributed by atoms with Gasteiger partial charge in [0.05, 0.1) is 18.5 Å². The Morgan fingerprint density at radius 1 is 1.06 bits per heavy atom. The molecule has 0 unspecified atom stereocenters. The highest BCUT2D eigenvalue weighted by Gasteiger charge is 2.21.